The molecule has 2 aliphatic carbocycles. The number of amides is 2. The number of rotatable bonds is 13. The first kappa shape index (κ1) is 25.2. The highest BCUT2D eigenvalue weighted by Crippen LogP contribution is 2.52. The van der Waals surface area contributed by atoms with Crippen molar-refractivity contribution in [3.05, 3.63) is 25.3 Å². The topological polar surface area (TPSA) is 129 Å². The third-order valence-corrected chi connectivity index (χ3v) is 5.90. The summed E-state index contributed by atoms with van der Waals surface area (Å²) in [4.78, 5) is 45.2. The molecule has 0 radical (unpaired) electrons. The van der Waals surface area contributed by atoms with Crippen molar-refractivity contribution in [1.82, 2.24) is 10.6 Å². The zero-order valence-corrected chi connectivity index (χ0v) is 18.2. The number of carbonyl (C=O) groups excluding carboxylic acids is 4. The number of ether oxygens (including phenoxy) is 4. The molecule has 2 bridgehead atoms. The maximum absolute atomic E-state index is 11.8. The van der Waals surface area contributed by atoms with Gasteiger partial charge in [-0.1, -0.05) is 13.2 Å². The molecule has 0 saturated heterocycles. The van der Waals surface area contributed by atoms with Crippen molar-refractivity contribution in [3.63, 3.8) is 0 Å². The summed E-state index contributed by atoms with van der Waals surface area (Å²) in [6, 6.07) is 0. The fraction of sp³-hybridized carbons (Fsp3) is 0.636. The fourth-order valence-electron chi connectivity index (χ4n) is 4.46. The molecule has 4 unspecified atom stereocenters. The van der Waals surface area contributed by atoms with Crippen LogP contribution in [0, 0.1) is 23.7 Å². The van der Waals surface area contributed by atoms with Gasteiger partial charge in [0.15, 0.2) is 0 Å². The van der Waals surface area contributed by atoms with E-state index in [1.54, 1.807) is 0 Å². The third-order valence-electron chi connectivity index (χ3n) is 5.90. The summed E-state index contributed by atoms with van der Waals surface area (Å²) >= 11 is 0. The van der Waals surface area contributed by atoms with Crippen LogP contribution < -0.4 is 10.6 Å². The minimum Gasteiger partial charge on any atom is -0.459 e. The zero-order valence-electron chi connectivity index (χ0n) is 18.2. The molecule has 4 atom stereocenters. The van der Waals surface area contributed by atoms with Gasteiger partial charge in [0.1, 0.15) is 26.4 Å². The van der Waals surface area contributed by atoms with E-state index in [1.165, 1.54) is 0 Å². The highest BCUT2D eigenvalue weighted by Gasteiger charge is 2.45. The summed E-state index contributed by atoms with van der Waals surface area (Å²) in [7, 11) is 0. The molecule has 0 aromatic carbocycles. The second-order valence-electron chi connectivity index (χ2n) is 7.86. The molecule has 2 aliphatic rings. The lowest BCUT2D eigenvalue weighted by Gasteiger charge is -2.28. The molecular formula is C22H32N2O8. The van der Waals surface area contributed by atoms with E-state index < -0.39 is 24.1 Å². The Morgan fingerprint density at radius 1 is 0.719 bits per heavy atom. The number of esters is 2. The van der Waals surface area contributed by atoms with Crippen molar-refractivity contribution >= 4 is 24.1 Å². The molecule has 0 aromatic rings. The predicted molar refractivity (Wildman–Crippen MR) is 113 cm³/mol. The molecule has 0 aromatic heterocycles. The van der Waals surface area contributed by atoms with Gasteiger partial charge in [-0.05, 0) is 49.4 Å². The Kier molecular flexibility index (Phi) is 10.6. The fourth-order valence-corrected chi connectivity index (χ4v) is 4.46. The number of nitrogens with one attached hydrogen (secondary N) is 2. The van der Waals surface area contributed by atoms with Gasteiger partial charge in [0, 0.05) is 25.2 Å². The highest BCUT2D eigenvalue weighted by atomic mass is 16.6. The van der Waals surface area contributed by atoms with Gasteiger partial charge in [0.25, 0.3) is 0 Å². The summed E-state index contributed by atoms with van der Waals surface area (Å²) in [5.74, 6) is 1.03. The lowest BCUT2D eigenvalue weighted by Crippen LogP contribution is -2.34. The molecule has 0 heterocycles. The lowest BCUT2D eigenvalue weighted by molar-refractivity contribution is -0.139. The van der Waals surface area contributed by atoms with Crippen molar-refractivity contribution in [2.24, 2.45) is 23.7 Å². The molecule has 10 nitrogen and oxygen atoms in total. The minimum atomic E-state index is -0.553. The largest absolute Gasteiger partial charge is 0.459 e. The van der Waals surface area contributed by atoms with E-state index in [1.807, 2.05) is 0 Å². The number of hydrogen-bond acceptors (Lipinski definition) is 8. The normalized spacial score (nSPS) is 23.0. The molecule has 2 rings (SSSR count). The molecule has 178 valence electrons. The van der Waals surface area contributed by atoms with Crippen LogP contribution in [0.2, 0.25) is 0 Å². The third kappa shape index (κ3) is 8.60. The molecule has 2 fully saturated rings. The van der Waals surface area contributed by atoms with Crippen LogP contribution in [0.15, 0.2) is 25.3 Å². The average molecular weight is 453 g/mol. The molecule has 2 saturated carbocycles. The minimum absolute atomic E-state index is 0.000383. The Bertz CT molecular complexity index is 695. The van der Waals surface area contributed by atoms with Crippen LogP contribution in [-0.2, 0) is 28.5 Å². The Morgan fingerprint density at radius 2 is 1.22 bits per heavy atom. The molecule has 10 heteroatoms. The monoisotopic (exact) mass is 452 g/mol. The first-order valence-corrected chi connectivity index (χ1v) is 10.8. The van der Waals surface area contributed by atoms with Crippen LogP contribution in [0.25, 0.3) is 0 Å². The van der Waals surface area contributed by atoms with Crippen molar-refractivity contribution in [1.29, 1.82) is 0 Å². The van der Waals surface area contributed by atoms with Crippen LogP contribution >= 0.6 is 0 Å². The number of hydrogen-bond donors (Lipinski definition) is 2. The van der Waals surface area contributed by atoms with E-state index in [0.29, 0.717) is 36.8 Å². The smallest absolute Gasteiger partial charge is 0.407 e. The first-order valence-electron chi connectivity index (χ1n) is 10.8. The van der Waals surface area contributed by atoms with Crippen LogP contribution in [-0.4, -0.2) is 63.6 Å². The van der Waals surface area contributed by atoms with Crippen molar-refractivity contribution in [3.8, 4) is 0 Å². The van der Waals surface area contributed by atoms with Gasteiger partial charge in [0.2, 0.25) is 0 Å². The summed E-state index contributed by atoms with van der Waals surface area (Å²) in [6.07, 6.45) is 5.22. The van der Waals surface area contributed by atoms with Crippen LogP contribution in [0.3, 0.4) is 0 Å². The van der Waals surface area contributed by atoms with Gasteiger partial charge in [-0.3, -0.25) is 0 Å². The van der Waals surface area contributed by atoms with Gasteiger partial charge in [-0.2, -0.15) is 0 Å². The Labute approximate surface area is 187 Å². The van der Waals surface area contributed by atoms with E-state index >= 15 is 0 Å². The van der Waals surface area contributed by atoms with Gasteiger partial charge in [-0.25, -0.2) is 19.2 Å². The van der Waals surface area contributed by atoms with Crippen molar-refractivity contribution in [2.45, 2.75) is 25.7 Å². The van der Waals surface area contributed by atoms with E-state index in [9.17, 15) is 19.2 Å². The van der Waals surface area contributed by atoms with Crippen LogP contribution in [0.5, 0.6) is 0 Å². The van der Waals surface area contributed by atoms with Crippen LogP contribution in [0.4, 0.5) is 9.59 Å². The van der Waals surface area contributed by atoms with E-state index in [-0.39, 0.29) is 26.4 Å². The second-order valence-corrected chi connectivity index (χ2v) is 7.86. The van der Waals surface area contributed by atoms with Crippen LogP contribution in [0.1, 0.15) is 25.7 Å². The lowest BCUT2D eigenvalue weighted by atomic mass is 9.80. The maximum atomic E-state index is 11.8. The number of fused-ring (bicyclic) bond motifs is 2. The average Bonchev–Trinajstić information content (AvgIpc) is 3.38. The quantitative estimate of drug-likeness (QED) is 0.188. The Balaban J connectivity index is 1.51. The van der Waals surface area contributed by atoms with Gasteiger partial charge >= 0.3 is 24.1 Å². The first-order chi connectivity index (χ1) is 15.4. The SMILES string of the molecule is C=CC(=O)OCCOC(=O)NCCC1CC2CC1CC2CNC(=O)OCCOC(=O)C=C. The predicted octanol–water partition coefficient (Wildman–Crippen LogP) is 1.95. The molecule has 0 aliphatic heterocycles. The Morgan fingerprint density at radius 3 is 1.75 bits per heavy atom. The van der Waals surface area contributed by atoms with Crippen molar-refractivity contribution in [2.75, 3.05) is 39.5 Å². The summed E-state index contributed by atoms with van der Waals surface area (Å²) in [6.45, 7) is 7.65. The molecular weight excluding hydrogens is 420 g/mol. The second kappa shape index (κ2) is 13.4. The van der Waals surface area contributed by atoms with Crippen molar-refractivity contribution < 1.29 is 38.1 Å². The highest BCUT2D eigenvalue weighted by molar-refractivity contribution is 5.81. The standard InChI is InChI=1S/C22H32N2O8/c1-3-19(25)29-7-9-31-21(27)23-6-5-15-11-17-12-16(15)13-18(17)14-24-22(28)32-10-8-30-20(26)4-2/h3-4,15-18H,1-2,5-14H2,(H,23,27)(H,24,28). The van der Waals surface area contributed by atoms with Gasteiger partial charge in [0.05, 0.1) is 0 Å². The number of alkyl carbamates (subject to hydrolysis) is 2. The number of carbonyl (C=O) groups is 4. The molecule has 2 N–H and O–H groups in total. The summed E-state index contributed by atoms with van der Waals surface area (Å²) < 4.78 is 19.4. The van der Waals surface area contributed by atoms with E-state index in [4.69, 9.17) is 18.9 Å². The zero-order chi connectivity index (χ0) is 23.3. The molecule has 2 amide bonds. The van der Waals surface area contributed by atoms with Gasteiger partial charge < -0.3 is 29.6 Å². The summed E-state index contributed by atoms with van der Waals surface area (Å²) in [5, 5.41) is 5.51. The molecule has 0 spiro atoms. The maximum Gasteiger partial charge on any atom is 0.407 e. The Hall–Kier alpha value is -3.04. The van der Waals surface area contributed by atoms with E-state index in [0.717, 1.165) is 37.8 Å². The van der Waals surface area contributed by atoms with E-state index in [2.05, 4.69) is 23.8 Å². The summed E-state index contributed by atoms with van der Waals surface area (Å²) in [5.41, 5.74) is 0. The molecule has 32 heavy (non-hydrogen) atoms. The van der Waals surface area contributed by atoms with Gasteiger partial charge in [-0.15, -0.1) is 0 Å².